The number of nitrogens with zero attached hydrogens (tertiary/aromatic N) is 3. The number of anilines is 2. The van der Waals surface area contributed by atoms with Crippen molar-refractivity contribution in [1.29, 1.82) is 0 Å². The highest BCUT2D eigenvalue weighted by atomic mass is 32.2. The Bertz CT molecular complexity index is 900. The summed E-state index contributed by atoms with van der Waals surface area (Å²) in [5.41, 5.74) is 1.05. The van der Waals surface area contributed by atoms with Gasteiger partial charge in [-0.15, -0.1) is 0 Å². The summed E-state index contributed by atoms with van der Waals surface area (Å²) < 4.78 is 28.1. The molecule has 1 aromatic carbocycles. The van der Waals surface area contributed by atoms with Crippen LogP contribution in [-0.4, -0.2) is 56.6 Å². The molecule has 27 heavy (non-hydrogen) atoms. The molecule has 0 bridgehead atoms. The van der Waals surface area contributed by atoms with E-state index in [9.17, 15) is 13.2 Å². The summed E-state index contributed by atoms with van der Waals surface area (Å²) in [7, 11) is 0.142. The van der Waals surface area contributed by atoms with Gasteiger partial charge in [-0.2, -0.15) is 0 Å². The lowest BCUT2D eigenvalue weighted by Gasteiger charge is -2.32. The molecule has 1 aliphatic rings. The van der Waals surface area contributed by atoms with Crippen LogP contribution in [0.15, 0.2) is 48.7 Å². The Morgan fingerprint density at radius 1 is 1.22 bits per heavy atom. The van der Waals surface area contributed by atoms with E-state index in [1.165, 1.54) is 0 Å². The molecule has 0 radical (unpaired) electrons. The van der Waals surface area contributed by atoms with Crippen LogP contribution in [-0.2, 0) is 10.0 Å². The van der Waals surface area contributed by atoms with Crippen molar-refractivity contribution in [3.05, 3.63) is 54.2 Å². The molecule has 0 spiro atoms. The van der Waals surface area contributed by atoms with E-state index in [0.717, 1.165) is 0 Å². The van der Waals surface area contributed by atoms with E-state index >= 15 is 0 Å². The molecule has 7 nitrogen and oxygen atoms in total. The predicted octanol–water partition coefficient (Wildman–Crippen LogP) is 2.19. The van der Waals surface area contributed by atoms with Crippen LogP contribution in [0.1, 0.15) is 23.2 Å². The number of hydrogen-bond acceptors (Lipinski definition) is 5. The maximum Gasteiger partial charge on any atom is 0.254 e. The van der Waals surface area contributed by atoms with Gasteiger partial charge < -0.3 is 9.80 Å². The molecule has 2 aromatic rings. The van der Waals surface area contributed by atoms with Crippen LogP contribution >= 0.6 is 0 Å². The number of benzene rings is 1. The molecule has 1 amide bonds. The molecule has 144 valence electrons. The first kappa shape index (κ1) is 19.2. The summed E-state index contributed by atoms with van der Waals surface area (Å²) in [6, 6.07) is 12.2. The zero-order chi connectivity index (χ0) is 19.4. The number of pyridine rings is 1. The van der Waals surface area contributed by atoms with Crippen molar-refractivity contribution in [1.82, 2.24) is 9.88 Å². The number of sulfonamides is 1. The zero-order valence-corrected chi connectivity index (χ0v) is 16.3. The number of para-hydroxylation sites is 1. The van der Waals surface area contributed by atoms with E-state index in [-0.39, 0.29) is 12.5 Å². The average Bonchev–Trinajstić information content (AvgIpc) is 2.68. The van der Waals surface area contributed by atoms with Crippen LogP contribution in [0, 0.1) is 0 Å². The van der Waals surface area contributed by atoms with Crippen molar-refractivity contribution in [3.63, 3.8) is 0 Å². The zero-order valence-electron chi connectivity index (χ0n) is 15.5. The molecule has 0 saturated carbocycles. The Kier molecular flexibility index (Phi) is 5.65. The van der Waals surface area contributed by atoms with Crippen LogP contribution in [0.25, 0.3) is 0 Å². The van der Waals surface area contributed by atoms with E-state index < -0.39 is 15.3 Å². The first-order valence-corrected chi connectivity index (χ1v) is 10.4. The third-order valence-corrected chi connectivity index (χ3v) is 6.37. The maximum absolute atomic E-state index is 12.9. The Balaban J connectivity index is 1.73. The summed E-state index contributed by atoms with van der Waals surface area (Å²) in [5.74, 6) is 0.521. The van der Waals surface area contributed by atoms with Gasteiger partial charge in [-0.05, 0) is 37.1 Å². The van der Waals surface area contributed by atoms with Crippen LogP contribution in [0.5, 0.6) is 0 Å². The molecular weight excluding hydrogens is 364 g/mol. The van der Waals surface area contributed by atoms with Gasteiger partial charge in [-0.1, -0.05) is 18.2 Å². The molecule has 1 fully saturated rings. The molecule has 1 atom stereocenters. The van der Waals surface area contributed by atoms with Crippen LogP contribution in [0.3, 0.4) is 0 Å². The Morgan fingerprint density at radius 2 is 1.96 bits per heavy atom. The van der Waals surface area contributed by atoms with Crippen LogP contribution < -0.4 is 9.62 Å². The highest BCUT2D eigenvalue weighted by molar-refractivity contribution is 7.93. The van der Waals surface area contributed by atoms with E-state index in [1.807, 2.05) is 25.1 Å². The summed E-state index contributed by atoms with van der Waals surface area (Å²) in [4.78, 5) is 20.5. The molecule has 1 N–H and O–H groups in total. The molecule has 3 rings (SSSR count). The van der Waals surface area contributed by atoms with E-state index in [2.05, 4.69) is 9.71 Å². The van der Waals surface area contributed by atoms with Crippen molar-refractivity contribution < 1.29 is 13.2 Å². The normalized spacial score (nSPS) is 17.4. The van der Waals surface area contributed by atoms with E-state index in [1.54, 1.807) is 47.5 Å². The van der Waals surface area contributed by atoms with Crippen molar-refractivity contribution in [3.8, 4) is 0 Å². The van der Waals surface area contributed by atoms with Gasteiger partial charge in [0.2, 0.25) is 10.0 Å². The Hall–Kier alpha value is -2.61. The predicted molar refractivity (Wildman–Crippen MR) is 106 cm³/mol. The average molecular weight is 388 g/mol. The van der Waals surface area contributed by atoms with Crippen LogP contribution in [0.2, 0.25) is 0 Å². The summed E-state index contributed by atoms with van der Waals surface area (Å²) in [6.45, 7) is 0.733. The maximum atomic E-state index is 12.9. The lowest BCUT2D eigenvalue weighted by atomic mass is 10.1. The van der Waals surface area contributed by atoms with E-state index in [4.69, 9.17) is 0 Å². The minimum Gasteiger partial charge on any atom is -0.363 e. The highest BCUT2D eigenvalue weighted by Gasteiger charge is 2.33. The number of nitrogens with one attached hydrogen (secondary N) is 1. The summed E-state index contributed by atoms with van der Waals surface area (Å²) >= 11 is 0. The first-order chi connectivity index (χ1) is 12.9. The van der Waals surface area contributed by atoms with Crippen molar-refractivity contribution in [2.45, 2.75) is 18.1 Å². The number of aromatic nitrogens is 1. The molecular formula is C19H24N4O3S. The lowest BCUT2D eigenvalue weighted by Crippen LogP contribution is -2.46. The van der Waals surface area contributed by atoms with Crippen molar-refractivity contribution in [2.75, 3.05) is 36.8 Å². The topological polar surface area (TPSA) is 82.6 Å². The first-order valence-electron chi connectivity index (χ1n) is 8.86. The van der Waals surface area contributed by atoms with Crippen LogP contribution in [0.4, 0.5) is 11.5 Å². The summed E-state index contributed by atoms with van der Waals surface area (Å²) in [6.07, 6.45) is 2.78. The largest absolute Gasteiger partial charge is 0.363 e. The number of rotatable bonds is 5. The quantitative estimate of drug-likeness (QED) is 0.849. The second kappa shape index (κ2) is 7.96. The molecule has 0 unspecified atom stereocenters. The number of carbonyl (C=O) groups excluding carboxylic acids is 1. The standard InChI is InChI=1S/C19H24N4O3S/c1-22(2)18-13-15(10-11-20-18)19(24)23-12-6-9-17(14-23)27(25,26)21-16-7-4-3-5-8-16/h3-5,7-8,10-11,13,17,21H,6,9,12,14H2,1-2H3/t17-/m0/s1. The highest BCUT2D eigenvalue weighted by Crippen LogP contribution is 2.22. The van der Waals surface area contributed by atoms with Gasteiger partial charge >= 0.3 is 0 Å². The third kappa shape index (κ3) is 4.57. The third-order valence-electron chi connectivity index (χ3n) is 4.59. The smallest absolute Gasteiger partial charge is 0.254 e. The second-order valence-electron chi connectivity index (χ2n) is 6.83. The fourth-order valence-corrected chi connectivity index (χ4v) is 4.59. The number of hydrogen-bond donors (Lipinski definition) is 1. The van der Waals surface area contributed by atoms with Crippen molar-refractivity contribution in [2.24, 2.45) is 0 Å². The van der Waals surface area contributed by atoms with Gasteiger partial charge in [-0.25, -0.2) is 13.4 Å². The SMILES string of the molecule is CN(C)c1cc(C(=O)N2CCC[C@H](S(=O)(=O)Nc3ccccc3)C2)ccn1. The summed E-state index contributed by atoms with van der Waals surface area (Å²) in [5, 5.41) is -0.634. The Morgan fingerprint density at radius 3 is 2.67 bits per heavy atom. The van der Waals surface area contributed by atoms with Gasteiger partial charge in [0.15, 0.2) is 0 Å². The number of amides is 1. The fraction of sp³-hybridized carbons (Fsp3) is 0.368. The fourth-order valence-electron chi connectivity index (χ4n) is 3.11. The molecule has 8 heteroatoms. The van der Waals surface area contributed by atoms with Gasteiger partial charge in [0.1, 0.15) is 5.82 Å². The Labute approximate surface area is 160 Å². The van der Waals surface area contributed by atoms with Gasteiger partial charge in [0.05, 0.1) is 5.25 Å². The molecule has 2 heterocycles. The van der Waals surface area contributed by atoms with Gasteiger partial charge in [0, 0.05) is 44.6 Å². The molecule has 0 aliphatic carbocycles. The van der Waals surface area contributed by atoms with Gasteiger partial charge in [-0.3, -0.25) is 9.52 Å². The molecule has 1 aromatic heterocycles. The lowest BCUT2D eigenvalue weighted by molar-refractivity contribution is 0.0727. The number of carbonyl (C=O) groups is 1. The van der Waals surface area contributed by atoms with Gasteiger partial charge in [0.25, 0.3) is 5.91 Å². The minimum atomic E-state index is -3.57. The molecule has 1 saturated heterocycles. The number of piperidine rings is 1. The van der Waals surface area contributed by atoms with Crippen molar-refractivity contribution >= 4 is 27.4 Å². The molecule has 1 aliphatic heterocycles. The monoisotopic (exact) mass is 388 g/mol. The number of likely N-dealkylation sites (tertiary alicyclic amines) is 1. The minimum absolute atomic E-state index is 0.167. The van der Waals surface area contributed by atoms with E-state index in [0.29, 0.717) is 36.5 Å². The second-order valence-corrected chi connectivity index (χ2v) is 8.79.